The number of benzene rings is 1. The number of azo groups is 1. The molecule has 6 heteroatoms. The average molecular weight is 284 g/mol. The largest absolute Gasteiger partial charge is 0.352 e. The van der Waals surface area contributed by atoms with Crippen molar-refractivity contribution in [3.63, 3.8) is 0 Å². The van der Waals surface area contributed by atoms with E-state index in [0.29, 0.717) is 12.2 Å². The minimum atomic E-state index is -0.0546. The molecule has 108 valence electrons. The Kier molecular flexibility index (Phi) is 3.29. The standard InChI is InChI=1S/C15H16N4O2/c1-9(20)13-7-11-10-5-6-19(15(21)8-17-16-2)14(10)4-3-12(11)18-13/h3-4,7,18H,5-6,8H2,1-2H3. The van der Waals surface area contributed by atoms with Crippen LogP contribution in [0.15, 0.2) is 28.4 Å². The van der Waals surface area contributed by atoms with Gasteiger partial charge in [0.25, 0.3) is 5.91 Å². The molecule has 1 amide bonds. The zero-order chi connectivity index (χ0) is 15.0. The highest BCUT2D eigenvalue weighted by Crippen LogP contribution is 2.34. The summed E-state index contributed by atoms with van der Waals surface area (Å²) in [6.07, 6.45) is 0.789. The third-order valence-electron chi connectivity index (χ3n) is 3.79. The molecule has 3 rings (SSSR count). The lowest BCUT2D eigenvalue weighted by atomic mass is 10.1. The molecular formula is C15H16N4O2. The van der Waals surface area contributed by atoms with Gasteiger partial charge in [-0.1, -0.05) is 0 Å². The molecular weight excluding hydrogens is 268 g/mol. The summed E-state index contributed by atoms with van der Waals surface area (Å²) in [6.45, 7) is 2.25. The number of H-pyrrole nitrogens is 1. The third kappa shape index (κ3) is 2.22. The van der Waals surface area contributed by atoms with Crippen LogP contribution in [0.5, 0.6) is 0 Å². The van der Waals surface area contributed by atoms with Gasteiger partial charge in [0.2, 0.25) is 0 Å². The Hall–Kier alpha value is -2.50. The molecule has 0 unspecified atom stereocenters. The Labute approximate surface area is 121 Å². The molecule has 1 aliphatic rings. The molecule has 2 aromatic rings. The Balaban J connectivity index is 2.02. The number of amides is 1. The van der Waals surface area contributed by atoms with Crippen LogP contribution in [0.4, 0.5) is 5.69 Å². The van der Waals surface area contributed by atoms with Crippen molar-refractivity contribution in [1.82, 2.24) is 4.98 Å². The van der Waals surface area contributed by atoms with Crippen molar-refractivity contribution in [1.29, 1.82) is 0 Å². The van der Waals surface area contributed by atoms with Crippen LogP contribution in [0.1, 0.15) is 23.0 Å². The maximum atomic E-state index is 12.1. The molecule has 6 nitrogen and oxygen atoms in total. The molecule has 0 aliphatic carbocycles. The van der Waals surface area contributed by atoms with E-state index < -0.39 is 0 Å². The highest BCUT2D eigenvalue weighted by molar-refractivity contribution is 6.04. The van der Waals surface area contributed by atoms with Gasteiger partial charge in [-0.25, -0.2) is 0 Å². The molecule has 21 heavy (non-hydrogen) atoms. The van der Waals surface area contributed by atoms with Crippen molar-refractivity contribution < 1.29 is 9.59 Å². The molecule has 0 spiro atoms. The van der Waals surface area contributed by atoms with E-state index in [-0.39, 0.29) is 18.2 Å². The predicted molar refractivity (Wildman–Crippen MR) is 80.0 cm³/mol. The Morgan fingerprint density at radius 3 is 2.90 bits per heavy atom. The van der Waals surface area contributed by atoms with Crippen LogP contribution in [0.2, 0.25) is 0 Å². The molecule has 0 saturated heterocycles. The fourth-order valence-electron chi connectivity index (χ4n) is 2.78. The maximum absolute atomic E-state index is 12.1. The molecule has 1 aromatic heterocycles. The van der Waals surface area contributed by atoms with Crippen LogP contribution >= 0.6 is 0 Å². The van der Waals surface area contributed by atoms with Crippen molar-refractivity contribution in [2.45, 2.75) is 13.3 Å². The average Bonchev–Trinajstić information content (AvgIpc) is 3.07. The van der Waals surface area contributed by atoms with Crippen molar-refractivity contribution in [3.05, 3.63) is 29.5 Å². The minimum absolute atomic E-state index is 0.00855. The molecule has 2 heterocycles. The number of nitrogens with one attached hydrogen (secondary N) is 1. The van der Waals surface area contributed by atoms with Crippen LogP contribution in [-0.4, -0.2) is 36.8 Å². The second-order valence-electron chi connectivity index (χ2n) is 5.06. The number of fused-ring (bicyclic) bond motifs is 3. The number of carbonyl (C=O) groups excluding carboxylic acids is 2. The SMILES string of the molecule is CN=NCC(=O)N1CCc2c1ccc1[nH]c(C(C)=O)cc21. The first-order valence-corrected chi connectivity index (χ1v) is 6.83. The normalized spacial score (nSPS) is 14.1. The summed E-state index contributed by atoms with van der Waals surface area (Å²) in [5, 5.41) is 8.39. The van der Waals surface area contributed by atoms with Crippen molar-refractivity contribution in [3.8, 4) is 0 Å². The van der Waals surface area contributed by atoms with E-state index in [1.807, 2.05) is 18.2 Å². The summed E-state index contributed by atoms with van der Waals surface area (Å²) < 4.78 is 0. The Bertz CT molecular complexity index is 760. The van der Waals surface area contributed by atoms with Crippen LogP contribution in [0.25, 0.3) is 10.9 Å². The Morgan fingerprint density at radius 2 is 2.19 bits per heavy atom. The predicted octanol–water partition coefficient (Wildman–Crippen LogP) is 2.34. The second kappa shape index (κ2) is 5.12. The molecule has 0 fully saturated rings. The van der Waals surface area contributed by atoms with Crippen LogP contribution < -0.4 is 4.90 Å². The number of ketones is 1. The number of hydrogen-bond acceptors (Lipinski definition) is 4. The van der Waals surface area contributed by atoms with E-state index in [1.54, 1.807) is 11.9 Å². The van der Waals surface area contributed by atoms with Crippen LogP contribution in [0, 0.1) is 0 Å². The highest BCUT2D eigenvalue weighted by atomic mass is 16.2. The van der Waals surface area contributed by atoms with Gasteiger partial charge in [0.05, 0.1) is 5.69 Å². The summed E-state index contributed by atoms with van der Waals surface area (Å²) in [7, 11) is 1.55. The number of aromatic nitrogens is 1. The Morgan fingerprint density at radius 1 is 1.38 bits per heavy atom. The van der Waals surface area contributed by atoms with Gasteiger partial charge in [0, 0.05) is 37.1 Å². The molecule has 0 bridgehead atoms. The van der Waals surface area contributed by atoms with Gasteiger partial charge in [-0.2, -0.15) is 10.2 Å². The molecule has 0 radical (unpaired) electrons. The fraction of sp³-hybridized carbons (Fsp3) is 0.333. The lowest BCUT2D eigenvalue weighted by Crippen LogP contribution is -2.30. The number of carbonyl (C=O) groups is 2. The van der Waals surface area contributed by atoms with Crippen molar-refractivity contribution in [2.75, 3.05) is 25.0 Å². The van der Waals surface area contributed by atoms with E-state index in [4.69, 9.17) is 0 Å². The fourth-order valence-corrected chi connectivity index (χ4v) is 2.78. The summed E-state index contributed by atoms with van der Waals surface area (Å²) >= 11 is 0. The van der Waals surface area contributed by atoms with Gasteiger partial charge < -0.3 is 9.88 Å². The van der Waals surface area contributed by atoms with Gasteiger partial charge in [-0.3, -0.25) is 9.59 Å². The number of aromatic amines is 1. The van der Waals surface area contributed by atoms with Crippen LogP contribution in [0.3, 0.4) is 0 Å². The number of Topliss-reactive ketones (excluding diaryl/α,β-unsaturated/α-hetero) is 1. The van der Waals surface area contributed by atoms with E-state index in [2.05, 4.69) is 15.2 Å². The van der Waals surface area contributed by atoms with Gasteiger partial charge in [0.15, 0.2) is 5.78 Å². The number of anilines is 1. The quantitative estimate of drug-likeness (QED) is 0.693. The summed E-state index contributed by atoms with van der Waals surface area (Å²) in [5.41, 5.74) is 3.55. The first-order chi connectivity index (χ1) is 10.1. The van der Waals surface area contributed by atoms with E-state index >= 15 is 0 Å². The summed E-state index contributed by atoms with van der Waals surface area (Å²) in [6, 6.07) is 5.70. The molecule has 0 atom stereocenters. The smallest absolute Gasteiger partial charge is 0.250 e. The molecule has 1 aromatic carbocycles. The first-order valence-electron chi connectivity index (χ1n) is 6.83. The number of rotatable bonds is 3. The van der Waals surface area contributed by atoms with Crippen molar-refractivity contribution >= 4 is 28.3 Å². The first kappa shape index (κ1) is 13.5. The monoisotopic (exact) mass is 284 g/mol. The van der Waals surface area contributed by atoms with Crippen LogP contribution in [-0.2, 0) is 11.2 Å². The summed E-state index contributed by atoms with van der Waals surface area (Å²) in [5.74, 6) is -0.0461. The van der Waals surface area contributed by atoms with E-state index in [1.165, 1.54) is 6.92 Å². The molecule has 1 N–H and O–H groups in total. The lowest BCUT2D eigenvalue weighted by molar-refractivity contribution is -0.117. The number of nitrogens with zero attached hydrogens (tertiary/aromatic N) is 3. The third-order valence-corrected chi connectivity index (χ3v) is 3.79. The molecule has 0 saturated carbocycles. The zero-order valence-corrected chi connectivity index (χ0v) is 12.0. The maximum Gasteiger partial charge on any atom is 0.250 e. The highest BCUT2D eigenvalue weighted by Gasteiger charge is 2.26. The topological polar surface area (TPSA) is 77.9 Å². The van der Waals surface area contributed by atoms with Gasteiger partial charge in [0.1, 0.15) is 6.54 Å². The lowest BCUT2D eigenvalue weighted by Gasteiger charge is -2.15. The summed E-state index contributed by atoms with van der Waals surface area (Å²) in [4.78, 5) is 28.5. The van der Waals surface area contributed by atoms with Gasteiger partial charge >= 0.3 is 0 Å². The number of hydrogen-bond donors (Lipinski definition) is 1. The second-order valence-corrected chi connectivity index (χ2v) is 5.06. The van der Waals surface area contributed by atoms with E-state index in [9.17, 15) is 9.59 Å². The van der Waals surface area contributed by atoms with E-state index in [0.717, 1.165) is 28.6 Å². The minimum Gasteiger partial charge on any atom is -0.352 e. The van der Waals surface area contributed by atoms with Crippen molar-refractivity contribution in [2.24, 2.45) is 10.2 Å². The molecule has 1 aliphatic heterocycles. The zero-order valence-electron chi connectivity index (χ0n) is 12.0. The van der Waals surface area contributed by atoms with Gasteiger partial charge in [-0.05, 0) is 30.2 Å². The van der Waals surface area contributed by atoms with Gasteiger partial charge in [-0.15, -0.1) is 0 Å².